The number of rotatable bonds is 6. The van der Waals surface area contributed by atoms with E-state index in [4.69, 9.17) is 0 Å². The van der Waals surface area contributed by atoms with Gasteiger partial charge in [0.15, 0.2) is 0 Å². The highest BCUT2D eigenvalue weighted by Gasteiger charge is 2.32. The maximum Gasteiger partial charge on any atom is 0.0109 e. The van der Waals surface area contributed by atoms with E-state index in [2.05, 4.69) is 29.1 Å². The Balaban J connectivity index is 1.93. The molecule has 0 bridgehead atoms. The number of nitrogens with one attached hydrogen (secondary N) is 1. The van der Waals surface area contributed by atoms with Crippen molar-refractivity contribution in [2.45, 2.75) is 58.3 Å². The molecule has 0 spiro atoms. The molecular weight excluding hydrogens is 258 g/mol. The smallest absolute Gasteiger partial charge is 0.0109 e. The van der Waals surface area contributed by atoms with Crippen LogP contribution < -0.4 is 5.32 Å². The van der Waals surface area contributed by atoms with Gasteiger partial charge in [-0.3, -0.25) is 0 Å². The molecule has 0 atom stereocenters. The zero-order chi connectivity index (χ0) is 15.0. The van der Waals surface area contributed by atoms with Crippen molar-refractivity contribution >= 4 is 0 Å². The van der Waals surface area contributed by atoms with Crippen molar-refractivity contribution in [3.05, 3.63) is 0 Å². The van der Waals surface area contributed by atoms with Crippen LogP contribution in [-0.4, -0.2) is 62.7 Å². The van der Waals surface area contributed by atoms with E-state index in [0.717, 1.165) is 0 Å². The first-order valence-corrected chi connectivity index (χ1v) is 9.36. The van der Waals surface area contributed by atoms with Crippen LogP contribution in [0.4, 0.5) is 0 Å². The van der Waals surface area contributed by atoms with Gasteiger partial charge in [0.1, 0.15) is 0 Å². The van der Waals surface area contributed by atoms with Crippen LogP contribution in [0.1, 0.15) is 58.3 Å². The molecule has 1 heterocycles. The summed E-state index contributed by atoms with van der Waals surface area (Å²) in [4.78, 5) is 5.26. The Morgan fingerprint density at radius 3 is 2.38 bits per heavy atom. The molecule has 1 aliphatic carbocycles. The first kappa shape index (κ1) is 17.2. The second kappa shape index (κ2) is 9.12. The summed E-state index contributed by atoms with van der Waals surface area (Å²) in [5, 5.41) is 3.75. The van der Waals surface area contributed by atoms with Crippen molar-refractivity contribution < 1.29 is 0 Å². The standard InChI is InChI=1S/C18H37N3/c1-3-11-19-16-18(9-6-4-5-7-10-18)17-21-13-8-12-20(2)14-15-21/h19H,3-17H2,1-2H3. The van der Waals surface area contributed by atoms with Gasteiger partial charge in [-0.15, -0.1) is 0 Å². The molecule has 1 saturated carbocycles. The number of likely N-dealkylation sites (N-methyl/N-ethyl adjacent to an activating group) is 1. The van der Waals surface area contributed by atoms with Gasteiger partial charge >= 0.3 is 0 Å². The lowest BCUT2D eigenvalue weighted by atomic mass is 9.79. The third-order valence-electron chi connectivity index (χ3n) is 5.46. The van der Waals surface area contributed by atoms with Crippen molar-refractivity contribution in [2.24, 2.45) is 5.41 Å². The second-order valence-corrected chi connectivity index (χ2v) is 7.52. The van der Waals surface area contributed by atoms with Crippen molar-refractivity contribution in [3.8, 4) is 0 Å². The molecule has 1 aliphatic heterocycles. The summed E-state index contributed by atoms with van der Waals surface area (Å²) in [5.41, 5.74) is 0.550. The van der Waals surface area contributed by atoms with Gasteiger partial charge in [-0.05, 0) is 57.8 Å². The fourth-order valence-corrected chi connectivity index (χ4v) is 4.13. The molecule has 2 rings (SSSR count). The molecule has 0 unspecified atom stereocenters. The molecular formula is C18H37N3. The Morgan fingerprint density at radius 2 is 1.67 bits per heavy atom. The summed E-state index contributed by atoms with van der Waals surface area (Å²) in [6.07, 6.45) is 11.3. The SMILES string of the molecule is CCCNCC1(CN2CCCN(C)CC2)CCCCCC1. The summed E-state index contributed by atoms with van der Waals surface area (Å²) in [7, 11) is 2.27. The van der Waals surface area contributed by atoms with E-state index in [0.29, 0.717) is 5.41 Å². The Labute approximate surface area is 132 Å². The highest BCUT2D eigenvalue weighted by atomic mass is 15.2. The van der Waals surface area contributed by atoms with Crippen LogP contribution in [0.25, 0.3) is 0 Å². The minimum absolute atomic E-state index is 0.550. The molecule has 124 valence electrons. The maximum atomic E-state index is 3.75. The van der Waals surface area contributed by atoms with E-state index in [1.165, 1.54) is 97.2 Å². The van der Waals surface area contributed by atoms with Crippen LogP contribution in [-0.2, 0) is 0 Å². The van der Waals surface area contributed by atoms with Crippen molar-refractivity contribution in [2.75, 3.05) is 52.9 Å². The van der Waals surface area contributed by atoms with Gasteiger partial charge in [0.2, 0.25) is 0 Å². The average molecular weight is 296 g/mol. The Kier molecular flexibility index (Phi) is 7.48. The highest BCUT2D eigenvalue weighted by molar-refractivity contribution is 4.87. The topological polar surface area (TPSA) is 18.5 Å². The molecule has 0 radical (unpaired) electrons. The molecule has 2 fully saturated rings. The van der Waals surface area contributed by atoms with E-state index in [-0.39, 0.29) is 0 Å². The minimum Gasteiger partial charge on any atom is -0.316 e. The first-order chi connectivity index (χ1) is 10.2. The summed E-state index contributed by atoms with van der Waals surface area (Å²) >= 11 is 0. The third kappa shape index (κ3) is 5.88. The first-order valence-electron chi connectivity index (χ1n) is 9.36. The second-order valence-electron chi connectivity index (χ2n) is 7.52. The molecule has 3 nitrogen and oxygen atoms in total. The fraction of sp³-hybridized carbons (Fsp3) is 1.00. The predicted molar refractivity (Wildman–Crippen MR) is 91.8 cm³/mol. The van der Waals surface area contributed by atoms with Gasteiger partial charge in [-0.25, -0.2) is 0 Å². The van der Waals surface area contributed by atoms with Gasteiger partial charge in [0, 0.05) is 26.2 Å². The molecule has 0 aromatic carbocycles. The van der Waals surface area contributed by atoms with Crippen LogP contribution in [0.3, 0.4) is 0 Å². The quantitative estimate of drug-likeness (QED) is 0.600. The van der Waals surface area contributed by atoms with Crippen molar-refractivity contribution in [3.63, 3.8) is 0 Å². The lowest BCUT2D eigenvalue weighted by Gasteiger charge is -2.38. The molecule has 0 aromatic rings. The Morgan fingerprint density at radius 1 is 0.905 bits per heavy atom. The van der Waals surface area contributed by atoms with Crippen LogP contribution in [0.15, 0.2) is 0 Å². The minimum atomic E-state index is 0.550. The van der Waals surface area contributed by atoms with E-state index >= 15 is 0 Å². The summed E-state index contributed by atoms with van der Waals surface area (Å²) in [6.45, 7) is 11.1. The van der Waals surface area contributed by atoms with Gasteiger partial charge < -0.3 is 15.1 Å². The largest absolute Gasteiger partial charge is 0.316 e. The van der Waals surface area contributed by atoms with E-state index in [9.17, 15) is 0 Å². The van der Waals surface area contributed by atoms with E-state index < -0.39 is 0 Å². The van der Waals surface area contributed by atoms with E-state index in [1.807, 2.05) is 0 Å². The summed E-state index contributed by atoms with van der Waals surface area (Å²) in [6, 6.07) is 0. The van der Waals surface area contributed by atoms with E-state index in [1.54, 1.807) is 0 Å². The highest BCUT2D eigenvalue weighted by Crippen LogP contribution is 2.35. The molecule has 1 N–H and O–H groups in total. The zero-order valence-corrected chi connectivity index (χ0v) is 14.5. The number of nitrogens with zero attached hydrogens (tertiary/aromatic N) is 2. The van der Waals surface area contributed by atoms with Crippen LogP contribution in [0.5, 0.6) is 0 Å². The van der Waals surface area contributed by atoms with Gasteiger partial charge in [0.25, 0.3) is 0 Å². The average Bonchev–Trinajstić information content (AvgIpc) is 2.81. The fourth-order valence-electron chi connectivity index (χ4n) is 4.13. The van der Waals surface area contributed by atoms with Gasteiger partial charge in [-0.2, -0.15) is 0 Å². The zero-order valence-electron chi connectivity index (χ0n) is 14.5. The Hall–Kier alpha value is -0.120. The third-order valence-corrected chi connectivity index (χ3v) is 5.46. The maximum absolute atomic E-state index is 3.75. The molecule has 1 saturated heterocycles. The van der Waals surface area contributed by atoms with Crippen molar-refractivity contribution in [1.82, 2.24) is 15.1 Å². The van der Waals surface area contributed by atoms with Gasteiger partial charge in [0.05, 0.1) is 0 Å². The van der Waals surface area contributed by atoms with Crippen LogP contribution >= 0.6 is 0 Å². The predicted octanol–water partition coefficient (Wildman–Crippen LogP) is 2.96. The molecule has 2 aliphatic rings. The Bertz CT molecular complexity index is 272. The van der Waals surface area contributed by atoms with Crippen LogP contribution in [0.2, 0.25) is 0 Å². The normalized spacial score (nSPS) is 25.4. The molecule has 21 heavy (non-hydrogen) atoms. The summed E-state index contributed by atoms with van der Waals surface area (Å²) < 4.78 is 0. The molecule has 0 aromatic heterocycles. The lowest BCUT2D eigenvalue weighted by Crippen LogP contribution is -2.45. The number of hydrogen-bond donors (Lipinski definition) is 1. The van der Waals surface area contributed by atoms with Crippen LogP contribution in [0, 0.1) is 5.41 Å². The van der Waals surface area contributed by atoms with Crippen molar-refractivity contribution in [1.29, 1.82) is 0 Å². The molecule has 3 heteroatoms. The monoisotopic (exact) mass is 295 g/mol. The number of hydrogen-bond acceptors (Lipinski definition) is 3. The lowest BCUT2D eigenvalue weighted by molar-refractivity contribution is 0.129. The van der Waals surface area contributed by atoms with Gasteiger partial charge in [-0.1, -0.05) is 32.6 Å². The summed E-state index contributed by atoms with van der Waals surface area (Å²) in [5.74, 6) is 0. The molecule has 0 amide bonds.